The number of phenols is 4. The number of hydrogen-bond donors (Lipinski definition) is 10. The van der Waals surface area contributed by atoms with E-state index >= 15 is 0 Å². The molecule has 0 saturated carbocycles. The molecule has 45 heavy (non-hydrogen) atoms. The molecule has 0 bridgehead atoms. The Hall–Kier alpha value is -3.91. The zero-order valence-corrected chi connectivity index (χ0v) is 23.6. The summed E-state index contributed by atoms with van der Waals surface area (Å²) in [4.78, 5) is 13.8. The molecule has 0 amide bonds. The minimum atomic E-state index is -2.00. The van der Waals surface area contributed by atoms with Crippen molar-refractivity contribution >= 4 is 11.0 Å². The molecule has 17 heteroatoms. The van der Waals surface area contributed by atoms with Gasteiger partial charge in [0.25, 0.3) is 0 Å². The van der Waals surface area contributed by atoms with E-state index in [1.165, 1.54) is 13.0 Å². The molecule has 2 aromatic carbocycles. The summed E-state index contributed by atoms with van der Waals surface area (Å²) in [6.45, 7) is 0.797. The van der Waals surface area contributed by atoms with Gasteiger partial charge in [0.05, 0.1) is 19.8 Å². The van der Waals surface area contributed by atoms with Crippen molar-refractivity contribution in [1.82, 2.24) is 0 Å². The second kappa shape index (κ2) is 12.5. The van der Waals surface area contributed by atoms with Crippen molar-refractivity contribution in [3.63, 3.8) is 0 Å². The number of phenolic OH excluding ortho intramolecular Hbond substituents is 4. The van der Waals surface area contributed by atoms with Crippen LogP contribution >= 0.6 is 0 Å². The van der Waals surface area contributed by atoms with Crippen LogP contribution in [0.3, 0.4) is 0 Å². The first kappa shape index (κ1) is 32.5. The summed E-state index contributed by atoms with van der Waals surface area (Å²) in [5.41, 5.74) is -1.60. The lowest BCUT2D eigenvalue weighted by Crippen LogP contribution is -2.61. The van der Waals surface area contributed by atoms with Crippen LogP contribution in [0.15, 0.2) is 33.5 Å². The van der Waals surface area contributed by atoms with Gasteiger partial charge in [0.15, 0.2) is 34.9 Å². The maximum atomic E-state index is 13.8. The Labute approximate surface area is 252 Å². The van der Waals surface area contributed by atoms with Gasteiger partial charge in [-0.3, -0.25) is 4.79 Å². The standard InChI is InChI=1S/C28H32O17/c1-8-16(33)19(36)21(38)27(42-8)41-7-14-17(34)20(37)22(39)28(43-14)45-26-18(35)15-12(31)6-13(32)24(40-2)25(15)44-23(26)9-3-4-10(29)11(30)5-9/h3-6,8,14,16-17,19-22,27-34,36-39H,7H2,1-2H3/t8-,14+,16-,17-,19+,20-,21+,22+,27+,28-/m0/s1. The van der Waals surface area contributed by atoms with Crippen molar-refractivity contribution in [2.75, 3.05) is 13.7 Å². The molecule has 2 aliphatic heterocycles. The van der Waals surface area contributed by atoms with Gasteiger partial charge in [-0.25, -0.2) is 0 Å². The van der Waals surface area contributed by atoms with E-state index in [0.29, 0.717) is 0 Å². The molecule has 3 heterocycles. The van der Waals surface area contributed by atoms with Crippen molar-refractivity contribution in [2.45, 2.75) is 68.3 Å². The Balaban J connectivity index is 1.52. The van der Waals surface area contributed by atoms with Gasteiger partial charge >= 0.3 is 0 Å². The lowest BCUT2D eigenvalue weighted by atomic mass is 9.98. The third-order valence-corrected chi connectivity index (χ3v) is 7.62. The lowest BCUT2D eigenvalue weighted by molar-refractivity contribution is -0.318. The number of rotatable bonds is 7. The molecular formula is C28H32O17. The van der Waals surface area contributed by atoms with E-state index in [1.54, 1.807) is 0 Å². The number of benzene rings is 2. The van der Waals surface area contributed by atoms with Crippen LogP contribution in [0.4, 0.5) is 0 Å². The van der Waals surface area contributed by atoms with Crippen molar-refractivity contribution in [2.24, 2.45) is 0 Å². The molecule has 246 valence electrons. The number of ether oxygens (including phenoxy) is 5. The fourth-order valence-electron chi connectivity index (χ4n) is 5.06. The summed E-state index contributed by atoms with van der Waals surface area (Å²) in [5.74, 6) is -4.04. The van der Waals surface area contributed by atoms with Crippen LogP contribution in [0.1, 0.15) is 6.92 Å². The third-order valence-electron chi connectivity index (χ3n) is 7.62. The smallest absolute Gasteiger partial charge is 0.239 e. The van der Waals surface area contributed by atoms with Crippen LogP contribution in [-0.2, 0) is 14.2 Å². The Kier molecular flexibility index (Phi) is 9.00. The molecule has 3 aromatic rings. The van der Waals surface area contributed by atoms with Gasteiger partial charge < -0.3 is 79.2 Å². The molecule has 0 aliphatic carbocycles. The second-order valence-corrected chi connectivity index (χ2v) is 10.6. The van der Waals surface area contributed by atoms with E-state index in [1.807, 2.05) is 0 Å². The van der Waals surface area contributed by atoms with Gasteiger partial charge in [0, 0.05) is 11.6 Å². The summed E-state index contributed by atoms with van der Waals surface area (Å²) in [7, 11) is 1.16. The van der Waals surface area contributed by atoms with Gasteiger partial charge in [-0.2, -0.15) is 0 Å². The van der Waals surface area contributed by atoms with E-state index in [4.69, 9.17) is 28.1 Å². The zero-order chi connectivity index (χ0) is 32.9. The fourth-order valence-corrected chi connectivity index (χ4v) is 5.06. The topological polar surface area (TPSA) is 279 Å². The molecule has 10 N–H and O–H groups in total. The highest BCUT2D eigenvalue weighted by Gasteiger charge is 2.48. The molecule has 0 unspecified atom stereocenters. The van der Waals surface area contributed by atoms with Crippen LogP contribution in [0.2, 0.25) is 0 Å². The normalized spacial score (nSPS) is 32.0. The molecule has 17 nitrogen and oxygen atoms in total. The molecule has 2 aliphatic rings. The highest BCUT2D eigenvalue weighted by molar-refractivity contribution is 5.93. The largest absolute Gasteiger partial charge is 0.507 e. The van der Waals surface area contributed by atoms with Crippen molar-refractivity contribution in [3.05, 3.63) is 34.5 Å². The van der Waals surface area contributed by atoms with Gasteiger partial charge in [-0.1, -0.05) is 0 Å². The molecule has 1 aromatic heterocycles. The molecule has 5 rings (SSSR count). The monoisotopic (exact) mass is 640 g/mol. The summed E-state index contributed by atoms with van der Waals surface area (Å²) < 4.78 is 33.1. The van der Waals surface area contributed by atoms with Gasteiger partial charge in [-0.05, 0) is 25.1 Å². The summed E-state index contributed by atoms with van der Waals surface area (Å²) in [5, 5.41) is 102. The second-order valence-electron chi connectivity index (χ2n) is 10.6. The molecule has 2 saturated heterocycles. The van der Waals surface area contributed by atoms with E-state index in [-0.39, 0.29) is 11.3 Å². The number of aromatic hydroxyl groups is 4. The Morgan fingerprint density at radius 3 is 2.07 bits per heavy atom. The van der Waals surface area contributed by atoms with Gasteiger partial charge in [0.1, 0.15) is 53.9 Å². The molecule has 2 fully saturated rings. The minimum absolute atomic E-state index is 0.0757. The quantitative estimate of drug-likeness (QED) is 0.129. The van der Waals surface area contributed by atoms with E-state index in [2.05, 4.69) is 0 Å². The number of aliphatic hydroxyl groups excluding tert-OH is 6. The van der Waals surface area contributed by atoms with Crippen molar-refractivity contribution < 1.29 is 79.2 Å². The number of fused-ring (bicyclic) bond motifs is 1. The summed E-state index contributed by atoms with van der Waals surface area (Å²) in [6, 6.07) is 4.09. The van der Waals surface area contributed by atoms with Crippen LogP contribution in [0.25, 0.3) is 22.3 Å². The predicted molar refractivity (Wildman–Crippen MR) is 147 cm³/mol. The highest BCUT2D eigenvalue weighted by Crippen LogP contribution is 2.44. The average Bonchev–Trinajstić information content (AvgIpc) is 3.00. The molecule has 10 atom stereocenters. The first-order valence-electron chi connectivity index (χ1n) is 13.5. The van der Waals surface area contributed by atoms with Gasteiger partial charge in [-0.15, -0.1) is 0 Å². The first-order chi connectivity index (χ1) is 21.2. The van der Waals surface area contributed by atoms with E-state index < -0.39 is 119 Å². The van der Waals surface area contributed by atoms with E-state index in [9.17, 15) is 55.9 Å². The molecular weight excluding hydrogens is 608 g/mol. The Morgan fingerprint density at radius 2 is 1.40 bits per heavy atom. The van der Waals surface area contributed by atoms with Crippen LogP contribution in [0.5, 0.6) is 34.5 Å². The minimum Gasteiger partial charge on any atom is -0.507 e. The van der Waals surface area contributed by atoms with Crippen molar-refractivity contribution in [1.29, 1.82) is 0 Å². The summed E-state index contributed by atoms with van der Waals surface area (Å²) in [6.07, 6.45) is -16.3. The molecule has 0 spiro atoms. The number of aliphatic hydroxyl groups is 6. The fraction of sp³-hybridized carbons (Fsp3) is 0.464. The maximum absolute atomic E-state index is 13.8. The Morgan fingerprint density at radius 1 is 0.733 bits per heavy atom. The average molecular weight is 641 g/mol. The lowest BCUT2D eigenvalue weighted by Gasteiger charge is -2.42. The van der Waals surface area contributed by atoms with Crippen LogP contribution in [0, 0.1) is 0 Å². The predicted octanol–water partition coefficient (Wildman–Crippen LogP) is -1.68. The maximum Gasteiger partial charge on any atom is 0.239 e. The SMILES string of the molecule is COc1c(O)cc(O)c2c(=O)c(O[C@@H]3O[C@H](CO[C@@H]4O[C@@H](C)[C@H](O)[C@@H](O)[C@H]4O)[C@H](O)[C@H](O)[C@H]3O)c(-c3ccc(O)c(O)c3)oc12. The van der Waals surface area contributed by atoms with Crippen molar-refractivity contribution in [3.8, 4) is 45.8 Å². The third kappa shape index (κ3) is 5.81. The Bertz CT molecular complexity index is 1610. The van der Waals surface area contributed by atoms with Crippen LogP contribution in [-0.4, -0.2) is 126 Å². The van der Waals surface area contributed by atoms with Gasteiger partial charge in [0.2, 0.25) is 23.2 Å². The molecule has 0 radical (unpaired) electrons. The van der Waals surface area contributed by atoms with Crippen LogP contribution < -0.4 is 14.9 Å². The number of methoxy groups -OCH3 is 1. The van der Waals surface area contributed by atoms with E-state index in [0.717, 1.165) is 25.3 Å². The highest BCUT2D eigenvalue weighted by atomic mass is 16.7. The first-order valence-corrected chi connectivity index (χ1v) is 13.5. The zero-order valence-electron chi connectivity index (χ0n) is 23.6. The number of hydrogen-bond acceptors (Lipinski definition) is 17. The summed E-state index contributed by atoms with van der Waals surface area (Å²) >= 11 is 0.